The summed E-state index contributed by atoms with van der Waals surface area (Å²) in [5, 5.41) is 11.5. The molecule has 3 aromatic rings. The second-order valence-corrected chi connectivity index (χ2v) is 10.6. The zero-order valence-corrected chi connectivity index (χ0v) is 24.3. The van der Waals surface area contributed by atoms with E-state index in [2.05, 4.69) is 4.90 Å². The number of ketones is 1. The zero-order chi connectivity index (χ0) is 29.5. The number of nitrogens with zero attached hydrogens (tertiary/aromatic N) is 2. The normalized spacial score (nSPS) is 18.8. The summed E-state index contributed by atoms with van der Waals surface area (Å²) in [7, 11) is 0. The molecule has 2 saturated heterocycles. The van der Waals surface area contributed by atoms with E-state index in [0.717, 1.165) is 42.0 Å². The summed E-state index contributed by atoms with van der Waals surface area (Å²) in [6.45, 7) is 8.73. The number of amides is 1. The number of morpholine rings is 1. The van der Waals surface area contributed by atoms with Crippen LogP contribution in [0.15, 0.2) is 78.4 Å². The van der Waals surface area contributed by atoms with E-state index >= 15 is 0 Å². The Hall–Kier alpha value is -4.14. The molecule has 1 atom stereocenters. The molecule has 0 aromatic heterocycles. The molecule has 8 nitrogen and oxygen atoms in total. The molecule has 2 heterocycles. The molecule has 2 fully saturated rings. The van der Waals surface area contributed by atoms with E-state index in [1.807, 2.05) is 68.4 Å². The zero-order valence-electron chi connectivity index (χ0n) is 24.3. The Labute approximate surface area is 247 Å². The number of hydrogen-bond acceptors (Lipinski definition) is 7. The number of benzene rings is 3. The molecule has 1 amide bonds. The van der Waals surface area contributed by atoms with E-state index in [1.165, 1.54) is 0 Å². The van der Waals surface area contributed by atoms with Crippen LogP contribution in [0.4, 0.5) is 0 Å². The van der Waals surface area contributed by atoms with Crippen LogP contribution in [0.25, 0.3) is 5.76 Å². The molecule has 0 bridgehead atoms. The fraction of sp³-hybridized carbons (Fsp3) is 0.353. The average molecular weight is 571 g/mol. The number of carbonyl (C=O) groups is 2. The molecule has 1 N–H and O–H groups in total. The average Bonchev–Trinajstić information content (AvgIpc) is 3.28. The van der Waals surface area contributed by atoms with Gasteiger partial charge in [0.2, 0.25) is 0 Å². The maximum atomic E-state index is 13.5. The van der Waals surface area contributed by atoms with Crippen molar-refractivity contribution in [2.75, 3.05) is 46.0 Å². The van der Waals surface area contributed by atoms with Crippen LogP contribution in [-0.4, -0.2) is 72.6 Å². The highest BCUT2D eigenvalue weighted by Gasteiger charge is 2.46. The van der Waals surface area contributed by atoms with Crippen LogP contribution in [-0.2, 0) is 20.9 Å². The first-order valence-corrected chi connectivity index (χ1v) is 14.5. The predicted molar refractivity (Wildman–Crippen MR) is 160 cm³/mol. The van der Waals surface area contributed by atoms with Crippen LogP contribution >= 0.6 is 0 Å². The van der Waals surface area contributed by atoms with Crippen LogP contribution in [0.2, 0.25) is 0 Å². The maximum absolute atomic E-state index is 13.5. The van der Waals surface area contributed by atoms with Crippen molar-refractivity contribution < 1.29 is 28.9 Å². The summed E-state index contributed by atoms with van der Waals surface area (Å²) in [4.78, 5) is 30.7. The van der Waals surface area contributed by atoms with Gasteiger partial charge in [0.1, 0.15) is 23.9 Å². The second-order valence-electron chi connectivity index (χ2n) is 10.6. The first-order chi connectivity index (χ1) is 20.5. The van der Waals surface area contributed by atoms with E-state index in [1.54, 1.807) is 23.1 Å². The largest absolute Gasteiger partial charge is 0.507 e. The molecular weight excluding hydrogens is 532 g/mol. The Morgan fingerprint density at radius 3 is 2.38 bits per heavy atom. The number of aryl methyl sites for hydroxylation is 1. The van der Waals surface area contributed by atoms with Crippen LogP contribution in [0, 0.1) is 6.92 Å². The van der Waals surface area contributed by atoms with Gasteiger partial charge in [-0.1, -0.05) is 49.4 Å². The quantitative estimate of drug-likeness (QED) is 0.195. The third-order valence-corrected chi connectivity index (χ3v) is 7.66. The standard InChI is InChI=1S/C34H38N2O6/c1-3-19-41-29-14-11-27(22-24(29)2)32(37)30-31(36(34(39)33(30)38)16-15-35-17-20-40-21-18-35)26-9-12-28(13-10-26)42-23-25-7-5-4-6-8-25/h4-14,22,31,37H,3,15-21,23H2,1-2H3. The number of aliphatic hydroxyl groups is 1. The molecule has 220 valence electrons. The SMILES string of the molecule is CCCOc1ccc(C(O)=C2C(=O)C(=O)N(CCN3CCOCC3)C2c2ccc(OCc3ccccc3)cc2)cc1C. The summed E-state index contributed by atoms with van der Waals surface area (Å²) < 4.78 is 17.2. The molecule has 1 unspecified atom stereocenters. The van der Waals surface area contributed by atoms with Gasteiger partial charge in [0.25, 0.3) is 11.7 Å². The number of hydrogen-bond donors (Lipinski definition) is 1. The summed E-state index contributed by atoms with van der Waals surface area (Å²) in [6, 6.07) is 21.9. The Kier molecular flexibility index (Phi) is 9.56. The van der Waals surface area contributed by atoms with Crippen LogP contribution in [0.1, 0.15) is 41.6 Å². The molecule has 0 spiro atoms. The Morgan fingerprint density at radius 1 is 0.952 bits per heavy atom. The van der Waals surface area contributed by atoms with Gasteiger partial charge in [0.15, 0.2) is 0 Å². The lowest BCUT2D eigenvalue weighted by Gasteiger charge is -2.31. The molecule has 2 aliphatic rings. The summed E-state index contributed by atoms with van der Waals surface area (Å²) in [6.07, 6.45) is 0.880. The van der Waals surface area contributed by atoms with E-state index in [-0.39, 0.29) is 11.3 Å². The van der Waals surface area contributed by atoms with Crippen molar-refractivity contribution in [3.63, 3.8) is 0 Å². The molecule has 0 aliphatic carbocycles. The molecule has 8 heteroatoms. The lowest BCUT2D eigenvalue weighted by atomic mass is 9.94. The number of Topliss-reactive ketones (excluding diaryl/α,β-unsaturated/α-hetero) is 1. The van der Waals surface area contributed by atoms with Gasteiger partial charge in [0.05, 0.1) is 31.4 Å². The molecule has 42 heavy (non-hydrogen) atoms. The third-order valence-electron chi connectivity index (χ3n) is 7.66. The van der Waals surface area contributed by atoms with Crippen molar-refractivity contribution in [1.82, 2.24) is 9.80 Å². The molecule has 5 rings (SSSR count). The van der Waals surface area contributed by atoms with Crippen molar-refractivity contribution in [1.29, 1.82) is 0 Å². The highest BCUT2D eigenvalue weighted by atomic mass is 16.5. The number of rotatable bonds is 11. The van der Waals surface area contributed by atoms with E-state index in [0.29, 0.717) is 50.8 Å². The van der Waals surface area contributed by atoms with Crippen molar-refractivity contribution in [2.45, 2.75) is 32.9 Å². The molecule has 0 saturated carbocycles. The number of carbonyl (C=O) groups excluding carboxylic acids is 2. The van der Waals surface area contributed by atoms with Gasteiger partial charge in [-0.15, -0.1) is 0 Å². The van der Waals surface area contributed by atoms with E-state index in [4.69, 9.17) is 14.2 Å². The third kappa shape index (κ3) is 6.66. The van der Waals surface area contributed by atoms with Gasteiger partial charge in [-0.25, -0.2) is 0 Å². The minimum Gasteiger partial charge on any atom is -0.507 e. The molecular formula is C34H38N2O6. The lowest BCUT2D eigenvalue weighted by Crippen LogP contribution is -2.42. The summed E-state index contributed by atoms with van der Waals surface area (Å²) in [5.41, 5.74) is 3.17. The summed E-state index contributed by atoms with van der Waals surface area (Å²) >= 11 is 0. The van der Waals surface area contributed by atoms with Crippen LogP contribution in [0.3, 0.4) is 0 Å². The fourth-order valence-electron chi connectivity index (χ4n) is 5.34. The van der Waals surface area contributed by atoms with Gasteiger partial charge in [-0.3, -0.25) is 14.5 Å². The van der Waals surface area contributed by atoms with Gasteiger partial charge in [-0.05, 0) is 60.4 Å². The molecule has 3 aromatic carbocycles. The second kappa shape index (κ2) is 13.7. The van der Waals surface area contributed by atoms with Crippen LogP contribution < -0.4 is 9.47 Å². The van der Waals surface area contributed by atoms with Crippen molar-refractivity contribution in [3.8, 4) is 11.5 Å². The number of likely N-dealkylation sites (tertiary alicyclic amines) is 1. The monoisotopic (exact) mass is 570 g/mol. The molecule has 0 radical (unpaired) electrons. The van der Waals surface area contributed by atoms with Gasteiger partial charge < -0.3 is 24.2 Å². The van der Waals surface area contributed by atoms with Crippen molar-refractivity contribution >= 4 is 17.4 Å². The highest BCUT2D eigenvalue weighted by Crippen LogP contribution is 2.40. The smallest absolute Gasteiger partial charge is 0.295 e. The van der Waals surface area contributed by atoms with E-state index in [9.17, 15) is 14.7 Å². The number of aliphatic hydroxyl groups excluding tert-OH is 1. The predicted octanol–water partition coefficient (Wildman–Crippen LogP) is 5.12. The number of ether oxygens (including phenoxy) is 3. The highest BCUT2D eigenvalue weighted by molar-refractivity contribution is 6.46. The fourth-order valence-corrected chi connectivity index (χ4v) is 5.34. The Balaban J connectivity index is 1.45. The van der Waals surface area contributed by atoms with Crippen molar-refractivity contribution in [2.24, 2.45) is 0 Å². The minimum absolute atomic E-state index is 0.0848. The van der Waals surface area contributed by atoms with E-state index < -0.39 is 17.7 Å². The first kappa shape index (κ1) is 29.4. The lowest BCUT2D eigenvalue weighted by molar-refractivity contribution is -0.140. The summed E-state index contributed by atoms with van der Waals surface area (Å²) in [5.74, 6) is -0.0957. The minimum atomic E-state index is -0.731. The maximum Gasteiger partial charge on any atom is 0.295 e. The van der Waals surface area contributed by atoms with Gasteiger partial charge in [-0.2, -0.15) is 0 Å². The first-order valence-electron chi connectivity index (χ1n) is 14.5. The Morgan fingerprint density at radius 2 is 1.69 bits per heavy atom. The Bertz CT molecular complexity index is 1410. The van der Waals surface area contributed by atoms with Crippen LogP contribution in [0.5, 0.6) is 11.5 Å². The van der Waals surface area contributed by atoms with Gasteiger partial charge in [0, 0.05) is 31.7 Å². The van der Waals surface area contributed by atoms with Crippen molar-refractivity contribution in [3.05, 3.63) is 101 Å². The molecule has 2 aliphatic heterocycles. The topological polar surface area (TPSA) is 88.5 Å². The van der Waals surface area contributed by atoms with Gasteiger partial charge >= 0.3 is 0 Å².